The van der Waals surface area contributed by atoms with E-state index in [1.165, 1.54) is 27.3 Å². The van der Waals surface area contributed by atoms with Crippen LogP contribution in [0.15, 0.2) is 41.9 Å². The molecule has 2 heterocycles. The zero-order valence-electron chi connectivity index (χ0n) is 19.0. The predicted molar refractivity (Wildman–Crippen MR) is 120 cm³/mol. The van der Waals surface area contributed by atoms with Crippen LogP contribution in [0.2, 0.25) is 0 Å². The first kappa shape index (κ1) is 20.3. The first-order chi connectivity index (χ1) is 13.8. The van der Waals surface area contributed by atoms with Gasteiger partial charge in [0, 0.05) is 34.5 Å². The molecule has 3 unspecified atom stereocenters. The second-order valence-electron chi connectivity index (χ2n) is 9.72. The molecule has 0 amide bonds. The van der Waals surface area contributed by atoms with Crippen LogP contribution in [0, 0.1) is 23.2 Å². The van der Waals surface area contributed by atoms with Gasteiger partial charge in [0.15, 0.2) is 12.2 Å². The van der Waals surface area contributed by atoms with E-state index in [-0.39, 0.29) is 11.2 Å². The van der Waals surface area contributed by atoms with Gasteiger partial charge in [-0.05, 0) is 49.5 Å². The summed E-state index contributed by atoms with van der Waals surface area (Å²) in [4.78, 5) is 0. The highest BCUT2D eigenvalue weighted by Crippen LogP contribution is 2.55. The fraction of sp³-hybridized carbons (Fsp3) is 0.519. The van der Waals surface area contributed by atoms with E-state index in [0.717, 1.165) is 18.4 Å². The molecule has 1 nitrogen and oxygen atoms in total. The first-order valence-electron chi connectivity index (χ1n) is 11.3. The Balaban J connectivity index is 2.22. The summed E-state index contributed by atoms with van der Waals surface area (Å²) in [5.41, 5.74) is 4.54. The maximum atomic E-state index is 15.5. The zero-order chi connectivity index (χ0) is 21.1. The summed E-state index contributed by atoms with van der Waals surface area (Å²) < 4.78 is 17.9. The highest BCUT2D eigenvalue weighted by atomic mass is 19.1. The molecular formula is C27H35FN+. The van der Waals surface area contributed by atoms with Gasteiger partial charge in [0.25, 0.3) is 0 Å². The molecule has 3 aliphatic rings. The normalized spacial score (nSPS) is 28.3. The monoisotopic (exact) mass is 392 g/mol. The number of aromatic nitrogens is 1. The summed E-state index contributed by atoms with van der Waals surface area (Å²) in [6.45, 7) is 15.6. The van der Waals surface area contributed by atoms with Crippen molar-refractivity contribution >= 4 is 17.2 Å². The van der Waals surface area contributed by atoms with Gasteiger partial charge in [-0.1, -0.05) is 52.8 Å². The maximum Gasteiger partial charge on any atom is 0.217 e. The quantitative estimate of drug-likeness (QED) is 0.479. The van der Waals surface area contributed by atoms with Gasteiger partial charge in [0.05, 0.1) is 5.22 Å². The van der Waals surface area contributed by atoms with Gasteiger partial charge < -0.3 is 0 Å². The molecule has 1 aromatic heterocycles. The van der Waals surface area contributed by atoms with Gasteiger partial charge in [-0.15, -0.1) is 0 Å². The van der Waals surface area contributed by atoms with Crippen LogP contribution in [-0.2, 0) is 0 Å². The topological polar surface area (TPSA) is 3.88 Å². The van der Waals surface area contributed by atoms with Gasteiger partial charge in [0.1, 0.15) is 5.83 Å². The smallest absolute Gasteiger partial charge is 0.207 e. The Hall–Kier alpha value is -1.96. The van der Waals surface area contributed by atoms with E-state index in [1.807, 2.05) is 6.08 Å². The number of halogens is 1. The van der Waals surface area contributed by atoms with E-state index in [4.69, 9.17) is 0 Å². The van der Waals surface area contributed by atoms with Crippen LogP contribution < -0.4 is 15.0 Å². The number of pyridine rings is 1. The first-order valence-corrected chi connectivity index (χ1v) is 11.3. The van der Waals surface area contributed by atoms with Crippen LogP contribution in [0.3, 0.4) is 0 Å². The van der Waals surface area contributed by atoms with Crippen LogP contribution in [0.25, 0.3) is 17.2 Å². The molecule has 154 valence electrons. The average molecular weight is 393 g/mol. The lowest BCUT2D eigenvalue weighted by atomic mass is 9.60. The van der Waals surface area contributed by atoms with E-state index < -0.39 is 0 Å². The van der Waals surface area contributed by atoms with E-state index in [0.29, 0.717) is 23.8 Å². The van der Waals surface area contributed by atoms with Gasteiger partial charge in [-0.3, -0.25) is 0 Å². The molecule has 0 bridgehead atoms. The van der Waals surface area contributed by atoms with Gasteiger partial charge in [-0.2, -0.15) is 4.57 Å². The van der Waals surface area contributed by atoms with Crippen molar-refractivity contribution in [3.63, 3.8) is 0 Å². The molecule has 4 rings (SSSR count). The Kier molecular flexibility index (Phi) is 4.96. The van der Waals surface area contributed by atoms with Crippen molar-refractivity contribution in [3.05, 3.63) is 58.0 Å². The van der Waals surface area contributed by atoms with Crippen LogP contribution in [0.5, 0.6) is 0 Å². The molecule has 0 aromatic carbocycles. The Morgan fingerprint density at radius 1 is 1.31 bits per heavy atom. The number of allylic oxidation sites excluding steroid dienone is 6. The fourth-order valence-corrected chi connectivity index (χ4v) is 6.33. The molecule has 0 N–H and O–H groups in total. The second kappa shape index (κ2) is 7.07. The minimum Gasteiger partial charge on any atom is -0.207 e. The molecule has 0 saturated carbocycles. The summed E-state index contributed by atoms with van der Waals surface area (Å²) in [6.07, 6.45) is 12.8. The Morgan fingerprint density at radius 3 is 2.66 bits per heavy atom. The lowest BCUT2D eigenvalue weighted by Crippen LogP contribution is -2.60. The standard InChI is InChI=1S/C27H35FN/c1-8-10-11-19-17(5)29-15-14-18(9-2)22-24(16(3)4)27(6,7)25-21(28)13-12-20(19)23(25)26(22)29/h9-11,13-17,19-20H,8,12H2,1-7H3/q+1/b11-10?,18-9-. The van der Waals surface area contributed by atoms with E-state index in [2.05, 4.69) is 83.5 Å². The van der Waals surface area contributed by atoms with Gasteiger partial charge in [-0.25, -0.2) is 4.39 Å². The third-order valence-corrected chi connectivity index (χ3v) is 7.39. The van der Waals surface area contributed by atoms with Crippen molar-refractivity contribution in [2.45, 2.75) is 67.3 Å². The molecule has 2 aliphatic carbocycles. The minimum absolute atomic E-state index is 0.00439. The number of hydrogen-bond donors (Lipinski definition) is 0. The van der Waals surface area contributed by atoms with Crippen molar-refractivity contribution in [2.24, 2.45) is 23.2 Å². The molecule has 1 aromatic rings. The lowest BCUT2D eigenvalue weighted by Gasteiger charge is -2.45. The molecular weight excluding hydrogens is 357 g/mol. The van der Waals surface area contributed by atoms with Gasteiger partial charge >= 0.3 is 0 Å². The molecule has 3 atom stereocenters. The number of nitrogens with zero attached hydrogens (tertiary/aromatic N) is 1. The molecule has 0 fully saturated rings. The molecule has 0 saturated heterocycles. The van der Waals surface area contributed by atoms with Crippen molar-refractivity contribution in [1.82, 2.24) is 0 Å². The van der Waals surface area contributed by atoms with Crippen LogP contribution in [-0.4, -0.2) is 0 Å². The second-order valence-corrected chi connectivity index (χ2v) is 9.72. The highest BCUT2D eigenvalue weighted by Gasteiger charge is 2.51. The molecule has 2 heteroatoms. The van der Waals surface area contributed by atoms with Crippen molar-refractivity contribution in [1.29, 1.82) is 0 Å². The third-order valence-electron chi connectivity index (χ3n) is 7.39. The van der Waals surface area contributed by atoms with Crippen LogP contribution >= 0.6 is 0 Å². The third kappa shape index (κ3) is 2.75. The van der Waals surface area contributed by atoms with E-state index in [1.54, 1.807) is 0 Å². The molecule has 1 aliphatic heterocycles. The number of hydrogen-bond acceptors (Lipinski definition) is 0. The summed E-state index contributed by atoms with van der Waals surface area (Å²) >= 11 is 0. The summed E-state index contributed by atoms with van der Waals surface area (Å²) in [5, 5.41) is 2.64. The summed E-state index contributed by atoms with van der Waals surface area (Å²) in [5.74, 6) is 1.09. The van der Waals surface area contributed by atoms with Crippen molar-refractivity contribution in [3.8, 4) is 0 Å². The predicted octanol–water partition coefficient (Wildman–Crippen LogP) is 5.40. The number of rotatable bonds is 3. The minimum atomic E-state index is -0.313. The van der Waals surface area contributed by atoms with E-state index >= 15 is 4.39 Å². The fourth-order valence-electron chi connectivity index (χ4n) is 6.33. The Labute approximate surface area is 175 Å². The largest absolute Gasteiger partial charge is 0.217 e. The van der Waals surface area contributed by atoms with Gasteiger partial charge in [0.2, 0.25) is 5.69 Å². The summed E-state index contributed by atoms with van der Waals surface area (Å²) in [7, 11) is 0. The maximum absolute atomic E-state index is 15.5. The highest BCUT2D eigenvalue weighted by molar-refractivity contribution is 5.83. The average Bonchev–Trinajstić information content (AvgIpc) is 2.66. The zero-order valence-corrected chi connectivity index (χ0v) is 19.0. The molecule has 0 spiro atoms. The van der Waals surface area contributed by atoms with E-state index in [9.17, 15) is 0 Å². The van der Waals surface area contributed by atoms with Crippen LogP contribution in [0.1, 0.15) is 73.0 Å². The Bertz CT molecular complexity index is 1060. The SMILES string of the molecule is C/C=c1/cc[n+]2c3c1=C(C(C)C)C(C)(C)C1=C3C(CC=C1F)C(C=CCC)C2C. The van der Waals surface area contributed by atoms with Crippen molar-refractivity contribution in [2.75, 3.05) is 0 Å². The molecule has 0 radical (unpaired) electrons. The van der Waals surface area contributed by atoms with Crippen molar-refractivity contribution < 1.29 is 8.96 Å². The Morgan fingerprint density at radius 2 is 2.03 bits per heavy atom. The van der Waals surface area contributed by atoms with Crippen LogP contribution in [0.4, 0.5) is 4.39 Å². The summed E-state index contributed by atoms with van der Waals surface area (Å²) in [6, 6.07) is 2.62. The lowest BCUT2D eigenvalue weighted by molar-refractivity contribution is -0.732. The molecule has 29 heavy (non-hydrogen) atoms.